The monoisotopic (exact) mass is 320 g/mol. The van der Waals surface area contributed by atoms with Crippen LogP contribution in [0.1, 0.15) is 31.0 Å². The molecule has 1 aromatic heterocycles. The molecule has 1 fully saturated rings. The van der Waals surface area contributed by atoms with E-state index in [2.05, 4.69) is 23.3 Å². The molecule has 118 valence electrons. The van der Waals surface area contributed by atoms with E-state index in [1.165, 1.54) is 0 Å². The summed E-state index contributed by atoms with van der Waals surface area (Å²) in [6.07, 6.45) is 2.44. The molecule has 5 heteroatoms. The Kier molecular flexibility index (Phi) is 4.69. The minimum absolute atomic E-state index is 0.0847. The van der Waals surface area contributed by atoms with Crippen molar-refractivity contribution in [3.05, 3.63) is 34.5 Å². The van der Waals surface area contributed by atoms with E-state index in [4.69, 9.17) is 16.3 Å². The van der Waals surface area contributed by atoms with Crippen molar-refractivity contribution in [2.45, 2.75) is 32.7 Å². The lowest BCUT2D eigenvalue weighted by molar-refractivity contribution is -0.122. The van der Waals surface area contributed by atoms with Crippen LogP contribution in [0, 0.1) is 5.92 Å². The van der Waals surface area contributed by atoms with Gasteiger partial charge < -0.3 is 15.0 Å². The van der Waals surface area contributed by atoms with Gasteiger partial charge in [0.25, 0.3) is 0 Å². The summed E-state index contributed by atoms with van der Waals surface area (Å²) in [5.41, 5.74) is 3.19. The van der Waals surface area contributed by atoms with Gasteiger partial charge >= 0.3 is 0 Å². The highest BCUT2D eigenvalue weighted by Crippen LogP contribution is 2.25. The number of aromatic amines is 1. The van der Waals surface area contributed by atoms with E-state index in [0.717, 1.165) is 46.6 Å². The number of benzene rings is 1. The standard InChI is InChI=1S/C17H21ClN2O2/c1-2-12-8-16-13(7-15(12)18)6-14(20-16)9-19-17(21)5-11-3-4-22-10-11/h6-8,11,20H,2-5,9-10H2,1H3,(H,19,21). The van der Waals surface area contributed by atoms with E-state index < -0.39 is 0 Å². The van der Waals surface area contributed by atoms with E-state index in [-0.39, 0.29) is 5.91 Å². The lowest BCUT2D eigenvalue weighted by Gasteiger charge is -2.07. The molecule has 3 rings (SSSR count). The van der Waals surface area contributed by atoms with Crippen molar-refractivity contribution in [2.75, 3.05) is 13.2 Å². The van der Waals surface area contributed by atoms with Crippen LogP contribution in [0.3, 0.4) is 0 Å². The normalized spacial score (nSPS) is 18.0. The van der Waals surface area contributed by atoms with Crippen molar-refractivity contribution < 1.29 is 9.53 Å². The molecule has 1 atom stereocenters. The lowest BCUT2D eigenvalue weighted by Crippen LogP contribution is -2.25. The molecule has 1 aliphatic heterocycles. The molecule has 0 radical (unpaired) electrons. The van der Waals surface area contributed by atoms with Gasteiger partial charge in [-0.3, -0.25) is 4.79 Å². The number of halogens is 1. The smallest absolute Gasteiger partial charge is 0.220 e. The van der Waals surface area contributed by atoms with E-state index in [1.54, 1.807) is 0 Å². The average Bonchev–Trinajstić information content (AvgIpc) is 3.13. The molecule has 1 amide bonds. The molecule has 1 unspecified atom stereocenters. The Balaban J connectivity index is 1.62. The molecule has 0 saturated carbocycles. The topological polar surface area (TPSA) is 54.1 Å². The fourth-order valence-electron chi connectivity index (χ4n) is 2.90. The largest absolute Gasteiger partial charge is 0.381 e. The summed E-state index contributed by atoms with van der Waals surface area (Å²) >= 11 is 6.24. The Labute approximate surface area is 135 Å². The fraction of sp³-hybridized carbons (Fsp3) is 0.471. The number of amides is 1. The van der Waals surface area contributed by atoms with Gasteiger partial charge in [-0.25, -0.2) is 0 Å². The summed E-state index contributed by atoms with van der Waals surface area (Å²) in [4.78, 5) is 15.3. The maximum atomic E-state index is 11.9. The van der Waals surface area contributed by atoms with Crippen LogP contribution in [0.5, 0.6) is 0 Å². The number of rotatable bonds is 5. The molecule has 2 heterocycles. The zero-order valence-electron chi connectivity index (χ0n) is 12.7. The second-order valence-electron chi connectivity index (χ2n) is 5.89. The number of fused-ring (bicyclic) bond motifs is 1. The molecule has 4 nitrogen and oxygen atoms in total. The minimum Gasteiger partial charge on any atom is -0.381 e. The van der Waals surface area contributed by atoms with Crippen LogP contribution in [0.15, 0.2) is 18.2 Å². The molecule has 22 heavy (non-hydrogen) atoms. The fourth-order valence-corrected chi connectivity index (χ4v) is 3.20. The van der Waals surface area contributed by atoms with Gasteiger partial charge in [0.2, 0.25) is 5.91 Å². The number of nitrogens with one attached hydrogen (secondary N) is 2. The van der Waals surface area contributed by atoms with Crippen molar-refractivity contribution in [1.82, 2.24) is 10.3 Å². The Morgan fingerprint density at radius 1 is 1.45 bits per heavy atom. The van der Waals surface area contributed by atoms with Crippen LogP contribution in [0.4, 0.5) is 0 Å². The van der Waals surface area contributed by atoms with Crippen LogP contribution >= 0.6 is 11.6 Å². The third-order valence-corrected chi connectivity index (χ3v) is 4.55. The van der Waals surface area contributed by atoms with Crippen molar-refractivity contribution in [3.8, 4) is 0 Å². The highest BCUT2D eigenvalue weighted by atomic mass is 35.5. The number of carbonyl (C=O) groups is 1. The number of aromatic nitrogens is 1. The van der Waals surface area contributed by atoms with Crippen molar-refractivity contribution in [1.29, 1.82) is 0 Å². The van der Waals surface area contributed by atoms with Crippen LogP contribution in [-0.2, 0) is 22.5 Å². The van der Waals surface area contributed by atoms with Crippen molar-refractivity contribution >= 4 is 28.4 Å². The third-order valence-electron chi connectivity index (χ3n) is 4.20. The summed E-state index contributed by atoms with van der Waals surface area (Å²) in [5.74, 6) is 0.454. The molecule has 0 bridgehead atoms. The summed E-state index contributed by atoms with van der Waals surface area (Å²) < 4.78 is 5.29. The van der Waals surface area contributed by atoms with Gasteiger partial charge in [-0.1, -0.05) is 18.5 Å². The summed E-state index contributed by atoms with van der Waals surface area (Å²) in [7, 11) is 0. The van der Waals surface area contributed by atoms with E-state index >= 15 is 0 Å². The van der Waals surface area contributed by atoms with Gasteiger partial charge in [-0.2, -0.15) is 0 Å². The molecule has 2 aromatic rings. The predicted molar refractivity (Wildman–Crippen MR) is 88.1 cm³/mol. The molecule has 1 saturated heterocycles. The first-order chi connectivity index (χ1) is 10.7. The molecule has 1 aromatic carbocycles. The molecule has 2 N–H and O–H groups in total. The minimum atomic E-state index is 0.0847. The SMILES string of the molecule is CCc1cc2[nH]c(CNC(=O)CC3CCOC3)cc2cc1Cl. The molecular weight excluding hydrogens is 300 g/mol. The van der Waals surface area contributed by atoms with Crippen molar-refractivity contribution in [3.63, 3.8) is 0 Å². The number of H-pyrrole nitrogens is 1. The second-order valence-corrected chi connectivity index (χ2v) is 6.30. The van der Waals surface area contributed by atoms with E-state index in [9.17, 15) is 4.79 Å². The number of hydrogen-bond acceptors (Lipinski definition) is 2. The molecule has 0 spiro atoms. The van der Waals surface area contributed by atoms with Gasteiger partial charge in [0.1, 0.15) is 0 Å². The molecule has 1 aliphatic rings. The van der Waals surface area contributed by atoms with Crippen LogP contribution in [0.25, 0.3) is 10.9 Å². The van der Waals surface area contributed by atoms with Gasteiger partial charge in [0.15, 0.2) is 0 Å². The zero-order valence-corrected chi connectivity index (χ0v) is 13.5. The first-order valence-corrected chi connectivity index (χ1v) is 8.18. The number of ether oxygens (including phenoxy) is 1. The predicted octanol–water partition coefficient (Wildman–Crippen LogP) is 3.43. The van der Waals surface area contributed by atoms with Crippen LogP contribution in [-0.4, -0.2) is 24.1 Å². The third kappa shape index (κ3) is 3.45. The van der Waals surface area contributed by atoms with Crippen LogP contribution in [0.2, 0.25) is 5.02 Å². The first-order valence-electron chi connectivity index (χ1n) is 7.80. The quantitative estimate of drug-likeness (QED) is 0.887. The number of carbonyl (C=O) groups excluding carboxylic acids is 1. The summed E-state index contributed by atoms with van der Waals surface area (Å²) in [5, 5.41) is 4.85. The van der Waals surface area contributed by atoms with E-state index in [0.29, 0.717) is 25.5 Å². The lowest BCUT2D eigenvalue weighted by atomic mass is 10.1. The summed E-state index contributed by atoms with van der Waals surface area (Å²) in [6, 6.07) is 6.10. The van der Waals surface area contributed by atoms with E-state index in [1.807, 2.05) is 12.1 Å². The first kappa shape index (κ1) is 15.4. The van der Waals surface area contributed by atoms with Crippen LogP contribution < -0.4 is 5.32 Å². The second kappa shape index (κ2) is 6.71. The van der Waals surface area contributed by atoms with Gasteiger partial charge in [0.05, 0.1) is 6.54 Å². The Morgan fingerprint density at radius 2 is 2.32 bits per heavy atom. The Bertz CT molecular complexity index is 675. The zero-order chi connectivity index (χ0) is 15.5. The van der Waals surface area contributed by atoms with Crippen molar-refractivity contribution in [2.24, 2.45) is 5.92 Å². The Hall–Kier alpha value is -1.52. The molecular formula is C17H21ClN2O2. The van der Waals surface area contributed by atoms with Gasteiger partial charge in [-0.15, -0.1) is 0 Å². The van der Waals surface area contributed by atoms with Gasteiger partial charge in [0, 0.05) is 41.3 Å². The van der Waals surface area contributed by atoms with Gasteiger partial charge in [-0.05, 0) is 42.5 Å². The number of hydrogen-bond donors (Lipinski definition) is 2. The maximum absolute atomic E-state index is 11.9. The molecule has 0 aliphatic carbocycles. The Morgan fingerprint density at radius 3 is 3.05 bits per heavy atom. The highest BCUT2D eigenvalue weighted by molar-refractivity contribution is 6.32. The number of aryl methyl sites for hydroxylation is 1. The maximum Gasteiger partial charge on any atom is 0.220 e. The summed E-state index contributed by atoms with van der Waals surface area (Å²) in [6.45, 7) is 4.09. The highest BCUT2D eigenvalue weighted by Gasteiger charge is 2.18. The average molecular weight is 321 g/mol.